The predicted octanol–water partition coefficient (Wildman–Crippen LogP) is 3.06. The first-order valence-electron chi connectivity index (χ1n) is 9.80. The quantitative estimate of drug-likeness (QED) is 0.850. The summed E-state index contributed by atoms with van der Waals surface area (Å²) >= 11 is 0. The summed E-state index contributed by atoms with van der Waals surface area (Å²) in [5.74, 6) is 2.72. The molecule has 1 unspecified atom stereocenters. The molecule has 2 heterocycles. The van der Waals surface area contributed by atoms with Crippen LogP contribution < -0.4 is 10.2 Å². The van der Waals surface area contributed by atoms with E-state index in [0.717, 1.165) is 62.2 Å². The van der Waals surface area contributed by atoms with Crippen LogP contribution >= 0.6 is 0 Å². The van der Waals surface area contributed by atoms with Crippen molar-refractivity contribution in [1.82, 2.24) is 14.9 Å². The highest BCUT2D eigenvalue weighted by Crippen LogP contribution is 2.24. The van der Waals surface area contributed by atoms with Crippen molar-refractivity contribution in [3.8, 4) is 0 Å². The molecule has 6 nitrogen and oxygen atoms in total. The number of nitrogens with one attached hydrogen (secondary N) is 1. The van der Waals surface area contributed by atoms with Gasteiger partial charge in [-0.1, -0.05) is 37.3 Å². The third-order valence-electron chi connectivity index (χ3n) is 5.01. The molecule has 144 valence electrons. The van der Waals surface area contributed by atoms with E-state index in [0.29, 0.717) is 0 Å². The van der Waals surface area contributed by atoms with Gasteiger partial charge in [0.1, 0.15) is 17.5 Å². The number of hydrogen-bond acceptors (Lipinski definition) is 5. The smallest absolute Gasteiger partial charge is 0.230 e. The van der Waals surface area contributed by atoms with Crippen molar-refractivity contribution < 1.29 is 4.79 Å². The van der Waals surface area contributed by atoms with Gasteiger partial charge in [-0.3, -0.25) is 4.79 Å². The van der Waals surface area contributed by atoms with Crippen LogP contribution in [0.1, 0.15) is 37.6 Å². The summed E-state index contributed by atoms with van der Waals surface area (Å²) in [4.78, 5) is 26.3. The maximum atomic E-state index is 13.0. The molecule has 0 radical (unpaired) electrons. The van der Waals surface area contributed by atoms with Crippen LogP contribution in [-0.4, -0.2) is 53.5 Å². The molecule has 27 heavy (non-hydrogen) atoms. The molecule has 0 spiro atoms. The van der Waals surface area contributed by atoms with E-state index in [4.69, 9.17) is 0 Å². The van der Waals surface area contributed by atoms with Crippen LogP contribution in [0.25, 0.3) is 0 Å². The van der Waals surface area contributed by atoms with E-state index in [1.54, 1.807) is 0 Å². The first-order valence-corrected chi connectivity index (χ1v) is 9.80. The van der Waals surface area contributed by atoms with Crippen LogP contribution in [0.5, 0.6) is 0 Å². The van der Waals surface area contributed by atoms with Crippen molar-refractivity contribution in [2.45, 2.75) is 33.1 Å². The van der Waals surface area contributed by atoms with E-state index in [9.17, 15) is 4.79 Å². The third-order valence-corrected chi connectivity index (χ3v) is 5.01. The summed E-state index contributed by atoms with van der Waals surface area (Å²) in [5, 5.41) is 3.25. The second-order valence-corrected chi connectivity index (χ2v) is 6.87. The topological polar surface area (TPSA) is 61.4 Å². The maximum absolute atomic E-state index is 13.0. The van der Waals surface area contributed by atoms with Gasteiger partial charge in [-0.25, -0.2) is 9.97 Å². The summed E-state index contributed by atoms with van der Waals surface area (Å²) in [7, 11) is 0. The summed E-state index contributed by atoms with van der Waals surface area (Å²) in [5.41, 5.74) is 1.11. The number of piperazine rings is 1. The monoisotopic (exact) mass is 367 g/mol. The Kier molecular flexibility index (Phi) is 6.27. The van der Waals surface area contributed by atoms with Crippen molar-refractivity contribution in [3.05, 3.63) is 47.8 Å². The van der Waals surface area contributed by atoms with Gasteiger partial charge in [0.2, 0.25) is 5.91 Å². The summed E-state index contributed by atoms with van der Waals surface area (Å²) in [6, 6.07) is 12.1. The fourth-order valence-corrected chi connectivity index (χ4v) is 3.60. The number of anilines is 2. The van der Waals surface area contributed by atoms with E-state index in [-0.39, 0.29) is 11.8 Å². The maximum Gasteiger partial charge on any atom is 0.230 e. The number of aromatic nitrogens is 2. The fraction of sp³-hybridized carbons (Fsp3) is 0.476. The molecule has 1 fully saturated rings. The van der Waals surface area contributed by atoms with Gasteiger partial charge in [-0.05, 0) is 25.8 Å². The average molecular weight is 367 g/mol. The highest BCUT2D eigenvalue weighted by Gasteiger charge is 2.28. The summed E-state index contributed by atoms with van der Waals surface area (Å²) < 4.78 is 0. The normalized spacial score (nSPS) is 15.5. The first-order chi connectivity index (χ1) is 13.1. The molecule has 1 N–H and O–H groups in total. The zero-order valence-electron chi connectivity index (χ0n) is 16.5. The zero-order valence-corrected chi connectivity index (χ0v) is 16.5. The van der Waals surface area contributed by atoms with E-state index < -0.39 is 0 Å². The molecular weight excluding hydrogens is 338 g/mol. The summed E-state index contributed by atoms with van der Waals surface area (Å²) in [6.07, 6.45) is 0.820. The van der Waals surface area contributed by atoms with Crippen LogP contribution in [-0.2, 0) is 4.79 Å². The molecule has 1 atom stereocenters. The lowest BCUT2D eigenvalue weighted by molar-refractivity contribution is -0.133. The largest absolute Gasteiger partial charge is 0.370 e. The Balaban J connectivity index is 1.65. The Morgan fingerprint density at radius 2 is 1.81 bits per heavy atom. The van der Waals surface area contributed by atoms with Crippen molar-refractivity contribution >= 4 is 17.5 Å². The Hall–Kier alpha value is -2.63. The highest BCUT2D eigenvalue weighted by atomic mass is 16.2. The molecule has 1 saturated heterocycles. The molecule has 6 heteroatoms. The number of aryl methyl sites for hydroxylation is 1. The van der Waals surface area contributed by atoms with Gasteiger partial charge in [-0.15, -0.1) is 0 Å². The number of carbonyl (C=O) groups excluding carboxylic acids is 1. The van der Waals surface area contributed by atoms with E-state index in [1.165, 1.54) is 0 Å². The molecule has 2 aromatic rings. The van der Waals surface area contributed by atoms with Crippen LogP contribution in [0, 0.1) is 6.92 Å². The Morgan fingerprint density at radius 1 is 1.11 bits per heavy atom. The van der Waals surface area contributed by atoms with Crippen LogP contribution in [0.4, 0.5) is 11.6 Å². The number of nitrogens with zero attached hydrogens (tertiary/aromatic N) is 4. The molecule has 1 aromatic heterocycles. The molecule has 1 aliphatic heterocycles. The predicted molar refractivity (Wildman–Crippen MR) is 109 cm³/mol. The average Bonchev–Trinajstić information content (AvgIpc) is 2.69. The van der Waals surface area contributed by atoms with Crippen molar-refractivity contribution in [2.24, 2.45) is 0 Å². The Labute approximate surface area is 161 Å². The highest BCUT2D eigenvalue weighted by molar-refractivity contribution is 5.84. The Bertz CT molecular complexity index is 756. The van der Waals surface area contributed by atoms with Gasteiger partial charge in [0.05, 0.1) is 5.92 Å². The van der Waals surface area contributed by atoms with Crippen molar-refractivity contribution in [2.75, 3.05) is 42.9 Å². The van der Waals surface area contributed by atoms with Crippen LogP contribution in [0.3, 0.4) is 0 Å². The number of rotatable bonds is 6. The number of amides is 1. The minimum Gasteiger partial charge on any atom is -0.370 e. The van der Waals surface area contributed by atoms with Crippen LogP contribution in [0.15, 0.2) is 36.4 Å². The van der Waals surface area contributed by atoms with Crippen LogP contribution in [0.2, 0.25) is 0 Å². The van der Waals surface area contributed by atoms with E-state index in [2.05, 4.69) is 34.0 Å². The number of benzene rings is 1. The SMILES string of the molecule is CCNc1cc(N2CCN(C(=O)C(CC)c3ccccc3)CC2)nc(C)n1. The second kappa shape index (κ2) is 8.84. The van der Waals surface area contributed by atoms with E-state index >= 15 is 0 Å². The molecule has 0 aliphatic carbocycles. The lowest BCUT2D eigenvalue weighted by Crippen LogP contribution is -2.50. The van der Waals surface area contributed by atoms with Gasteiger partial charge in [0, 0.05) is 38.8 Å². The van der Waals surface area contributed by atoms with Crippen molar-refractivity contribution in [1.29, 1.82) is 0 Å². The second-order valence-electron chi connectivity index (χ2n) is 6.87. The molecule has 3 rings (SSSR count). The van der Waals surface area contributed by atoms with Gasteiger partial charge in [0.25, 0.3) is 0 Å². The molecule has 1 amide bonds. The molecule has 0 saturated carbocycles. The standard InChI is InChI=1S/C21H29N5O/c1-4-18(17-9-7-6-8-10-17)21(27)26-13-11-25(12-14-26)20-15-19(22-5-2)23-16(3)24-20/h6-10,15,18H,4-5,11-14H2,1-3H3,(H,22,23,24). The number of carbonyl (C=O) groups is 1. The van der Waals surface area contributed by atoms with E-state index in [1.807, 2.05) is 48.2 Å². The molecule has 0 bridgehead atoms. The van der Waals surface area contributed by atoms with Gasteiger partial charge in [0.15, 0.2) is 0 Å². The fourth-order valence-electron chi connectivity index (χ4n) is 3.60. The first kappa shape index (κ1) is 19.1. The van der Waals surface area contributed by atoms with Crippen molar-refractivity contribution in [3.63, 3.8) is 0 Å². The minimum absolute atomic E-state index is 0.0561. The summed E-state index contributed by atoms with van der Waals surface area (Å²) in [6.45, 7) is 9.91. The van der Waals surface area contributed by atoms with Gasteiger partial charge < -0.3 is 15.1 Å². The zero-order chi connectivity index (χ0) is 19.2. The molecular formula is C21H29N5O. The number of hydrogen-bond donors (Lipinski definition) is 1. The lowest BCUT2D eigenvalue weighted by atomic mass is 9.95. The van der Waals surface area contributed by atoms with Gasteiger partial charge >= 0.3 is 0 Å². The minimum atomic E-state index is -0.0561. The molecule has 1 aliphatic rings. The molecule has 1 aromatic carbocycles. The van der Waals surface area contributed by atoms with Gasteiger partial charge in [-0.2, -0.15) is 0 Å². The Morgan fingerprint density at radius 3 is 2.44 bits per heavy atom. The lowest BCUT2D eigenvalue weighted by Gasteiger charge is -2.37. The third kappa shape index (κ3) is 4.56.